The number of benzene rings is 2. The second kappa shape index (κ2) is 9.01. The van der Waals surface area contributed by atoms with Crippen molar-refractivity contribution in [1.29, 1.82) is 5.26 Å². The van der Waals surface area contributed by atoms with Crippen LogP contribution in [-0.4, -0.2) is 19.0 Å². The standard InChI is InChI=1S/C19H16FN3O4/c1-26-17-9-12(8-14(10-21)18(24)23-19(22)25)6-7-16(17)27-11-13-4-2-3-5-15(13)20/h2-9H,11H2,1H3,(H3,22,23,24,25)/b14-8-. The number of carbonyl (C=O) groups excluding carboxylic acids is 2. The molecule has 0 saturated carbocycles. The topological polar surface area (TPSA) is 114 Å². The van der Waals surface area contributed by atoms with Crippen LogP contribution in [0.25, 0.3) is 6.08 Å². The molecule has 138 valence electrons. The molecule has 0 heterocycles. The molecule has 3 N–H and O–H groups in total. The largest absolute Gasteiger partial charge is 0.493 e. The maximum Gasteiger partial charge on any atom is 0.319 e. The first-order valence-corrected chi connectivity index (χ1v) is 7.71. The molecule has 2 aromatic rings. The van der Waals surface area contributed by atoms with Gasteiger partial charge in [-0.3, -0.25) is 10.1 Å². The lowest BCUT2D eigenvalue weighted by Crippen LogP contribution is -2.35. The minimum absolute atomic E-state index is 0.00266. The molecule has 7 nitrogen and oxygen atoms in total. The molecule has 8 heteroatoms. The summed E-state index contributed by atoms with van der Waals surface area (Å²) in [5, 5.41) is 10.9. The molecule has 0 aliphatic carbocycles. The van der Waals surface area contributed by atoms with Gasteiger partial charge in [-0.15, -0.1) is 0 Å². The zero-order valence-electron chi connectivity index (χ0n) is 14.4. The van der Waals surface area contributed by atoms with Crippen LogP contribution >= 0.6 is 0 Å². The molecule has 2 rings (SSSR count). The molecule has 0 fully saturated rings. The number of ether oxygens (including phenoxy) is 2. The number of carbonyl (C=O) groups is 2. The number of amides is 3. The molecular weight excluding hydrogens is 353 g/mol. The highest BCUT2D eigenvalue weighted by Crippen LogP contribution is 2.30. The van der Waals surface area contributed by atoms with Crippen LogP contribution in [0.15, 0.2) is 48.0 Å². The van der Waals surface area contributed by atoms with E-state index in [9.17, 15) is 14.0 Å². The molecule has 0 saturated heterocycles. The van der Waals surface area contributed by atoms with Gasteiger partial charge in [0.25, 0.3) is 5.91 Å². The molecular formula is C19H16FN3O4. The number of primary amides is 1. The number of hydrogen-bond donors (Lipinski definition) is 2. The molecule has 0 bridgehead atoms. The summed E-state index contributed by atoms with van der Waals surface area (Å²) in [7, 11) is 1.42. The van der Waals surface area contributed by atoms with Crippen LogP contribution in [-0.2, 0) is 11.4 Å². The maximum atomic E-state index is 13.7. The van der Waals surface area contributed by atoms with Gasteiger partial charge in [0.15, 0.2) is 11.5 Å². The smallest absolute Gasteiger partial charge is 0.319 e. The van der Waals surface area contributed by atoms with E-state index in [1.54, 1.807) is 36.4 Å². The molecule has 27 heavy (non-hydrogen) atoms. The zero-order chi connectivity index (χ0) is 19.8. The van der Waals surface area contributed by atoms with Crippen LogP contribution in [0.4, 0.5) is 9.18 Å². The number of nitrogens with zero attached hydrogens (tertiary/aromatic N) is 1. The molecule has 0 radical (unpaired) electrons. The second-order valence-electron chi connectivity index (χ2n) is 5.28. The average Bonchev–Trinajstić information content (AvgIpc) is 2.65. The fourth-order valence-electron chi connectivity index (χ4n) is 2.16. The summed E-state index contributed by atoms with van der Waals surface area (Å²) in [6, 6.07) is 11.5. The molecule has 0 aromatic heterocycles. The van der Waals surface area contributed by atoms with Gasteiger partial charge >= 0.3 is 6.03 Å². The summed E-state index contributed by atoms with van der Waals surface area (Å²) in [5.74, 6) is -0.607. The van der Waals surface area contributed by atoms with Crippen LogP contribution in [0.5, 0.6) is 11.5 Å². The van der Waals surface area contributed by atoms with Crippen LogP contribution in [0.3, 0.4) is 0 Å². The van der Waals surface area contributed by atoms with E-state index in [4.69, 9.17) is 20.5 Å². The third-order valence-corrected chi connectivity index (χ3v) is 3.44. The molecule has 2 aromatic carbocycles. The third kappa shape index (κ3) is 5.31. The molecule has 0 aliphatic rings. The minimum Gasteiger partial charge on any atom is -0.493 e. The number of urea groups is 1. The highest BCUT2D eigenvalue weighted by atomic mass is 19.1. The van der Waals surface area contributed by atoms with Crippen molar-refractivity contribution in [2.24, 2.45) is 5.73 Å². The van der Waals surface area contributed by atoms with Gasteiger partial charge in [-0.05, 0) is 29.8 Å². The van der Waals surface area contributed by atoms with Crippen molar-refractivity contribution >= 4 is 18.0 Å². The van der Waals surface area contributed by atoms with E-state index in [1.807, 2.05) is 5.32 Å². The van der Waals surface area contributed by atoms with Crippen molar-refractivity contribution in [2.45, 2.75) is 6.61 Å². The number of halogens is 1. The molecule has 3 amide bonds. The number of nitrogens with one attached hydrogen (secondary N) is 1. The summed E-state index contributed by atoms with van der Waals surface area (Å²) in [5.41, 5.74) is 5.40. The molecule has 0 unspecified atom stereocenters. The van der Waals surface area contributed by atoms with E-state index in [-0.39, 0.29) is 18.0 Å². The quantitative estimate of drug-likeness (QED) is 0.600. The van der Waals surface area contributed by atoms with Gasteiger partial charge in [-0.2, -0.15) is 5.26 Å². The Bertz CT molecular complexity index is 935. The third-order valence-electron chi connectivity index (χ3n) is 3.44. The number of nitrogens with two attached hydrogens (primary N) is 1. The average molecular weight is 369 g/mol. The van der Waals surface area contributed by atoms with Gasteiger partial charge in [0.05, 0.1) is 7.11 Å². The lowest BCUT2D eigenvalue weighted by molar-refractivity contribution is -0.115. The summed E-state index contributed by atoms with van der Waals surface area (Å²) < 4.78 is 24.5. The molecule has 0 atom stereocenters. The van der Waals surface area contributed by atoms with E-state index in [1.165, 1.54) is 25.3 Å². The van der Waals surface area contributed by atoms with E-state index in [0.29, 0.717) is 22.6 Å². The lowest BCUT2D eigenvalue weighted by atomic mass is 10.1. The fourth-order valence-corrected chi connectivity index (χ4v) is 2.16. The van der Waals surface area contributed by atoms with Gasteiger partial charge in [0.1, 0.15) is 24.1 Å². The van der Waals surface area contributed by atoms with Gasteiger partial charge in [0.2, 0.25) is 0 Å². The van der Waals surface area contributed by atoms with Crippen molar-refractivity contribution in [3.05, 3.63) is 65.0 Å². The Morgan fingerprint density at radius 2 is 2.00 bits per heavy atom. The maximum absolute atomic E-state index is 13.7. The summed E-state index contributed by atoms with van der Waals surface area (Å²) >= 11 is 0. The normalized spacial score (nSPS) is 10.6. The van der Waals surface area contributed by atoms with Crippen molar-refractivity contribution < 1.29 is 23.5 Å². The van der Waals surface area contributed by atoms with Crippen LogP contribution in [0, 0.1) is 17.1 Å². The van der Waals surface area contributed by atoms with E-state index >= 15 is 0 Å². The number of imide groups is 1. The van der Waals surface area contributed by atoms with Gasteiger partial charge in [-0.25, -0.2) is 9.18 Å². The van der Waals surface area contributed by atoms with Gasteiger partial charge in [-0.1, -0.05) is 24.3 Å². The lowest BCUT2D eigenvalue weighted by Gasteiger charge is -2.12. The van der Waals surface area contributed by atoms with Crippen LogP contribution < -0.4 is 20.5 Å². The van der Waals surface area contributed by atoms with E-state index in [0.717, 1.165) is 0 Å². The summed E-state index contributed by atoms with van der Waals surface area (Å²) in [6.45, 7) is 0.00266. The Morgan fingerprint density at radius 3 is 2.63 bits per heavy atom. The van der Waals surface area contributed by atoms with Crippen molar-refractivity contribution in [2.75, 3.05) is 7.11 Å². The second-order valence-corrected chi connectivity index (χ2v) is 5.28. The highest BCUT2D eigenvalue weighted by molar-refractivity contribution is 6.08. The van der Waals surface area contributed by atoms with Gasteiger partial charge in [0, 0.05) is 5.56 Å². The molecule has 0 aliphatic heterocycles. The first-order valence-electron chi connectivity index (χ1n) is 7.71. The first-order chi connectivity index (χ1) is 12.9. The van der Waals surface area contributed by atoms with Crippen LogP contribution in [0.1, 0.15) is 11.1 Å². The highest BCUT2D eigenvalue weighted by Gasteiger charge is 2.12. The van der Waals surface area contributed by atoms with E-state index in [2.05, 4.69) is 0 Å². The van der Waals surface area contributed by atoms with Gasteiger partial charge < -0.3 is 15.2 Å². The Balaban J connectivity index is 2.21. The Hall–Kier alpha value is -3.86. The van der Waals surface area contributed by atoms with Crippen molar-refractivity contribution in [1.82, 2.24) is 5.32 Å². The monoisotopic (exact) mass is 369 g/mol. The summed E-state index contributed by atoms with van der Waals surface area (Å²) in [6.07, 6.45) is 1.27. The molecule has 0 spiro atoms. The van der Waals surface area contributed by atoms with Crippen LogP contribution in [0.2, 0.25) is 0 Å². The fraction of sp³-hybridized carbons (Fsp3) is 0.105. The number of methoxy groups -OCH3 is 1. The predicted octanol–water partition coefficient (Wildman–Crippen LogP) is 2.52. The zero-order valence-corrected chi connectivity index (χ0v) is 14.4. The Kier molecular flexibility index (Phi) is 6.49. The number of nitriles is 1. The number of hydrogen-bond acceptors (Lipinski definition) is 5. The summed E-state index contributed by atoms with van der Waals surface area (Å²) in [4.78, 5) is 22.4. The van der Waals surface area contributed by atoms with Crippen molar-refractivity contribution in [3.8, 4) is 17.6 Å². The van der Waals surface area contributed by atoms with E-state index < -0.39 is 11.9 Å². The minimum atomic E-state index is -1.06. The first kappa shape index (κ1) is 19.5. The number of rotatable bonds is 6. The van der Waals surface area contributed by atoms with Crippen molar-refractivity contribution in [3.63, 3.8) is 0 Å². The predicted molar refractivity (Wildman–Crippen MR) is 95.0 cm³/mol. The SMILES string of the molecule is COc1cc(/C=C(/C#N)C(=O)NC(N)=O)ccc1OCc1ccccc1F. The Morgan fingerprint density at radius 1 is 1.26 bits per heavy atom. The Labute approximate surface area is 154 Å².